The highest BCUT2D eigenvalue weighted by molar-refractivity contribution is 8.01. The molecular formula is C45H38ClN3O13S2. The number of allylic oxidation sites excluding steroid dienone is 1. The second-order valence-corrected chi connectivity index (χ2v) is 16.9. The Morgan fingerprint density at radius 2 is 1.70 bits per heavy atom. The van der Waals surface area contributed by atoms with E-state index < -0.39 is 53.2 Å². The lowest BCUT2D eigenvalue weighted by Crippen LogP contribution is -2.71. The van der Waals surface area contributed by atoms with Crippen LogP contribution in [0.25, 0.3) is 16.5 Å². The molecule has 1 aliphatic carbocycles. The van der Waals surface area contributed by atoms with Gasteiger partial charge in [-0.1, -0.05) is 29.8 Å². The second kappa shape index (κ2) is 18.3. The number of β-lactam (4-membered cyclic amide) rings is 1. The van der Waals surface area contributed by atoms with Crippen LogP contribution in [0.4, 0.5) is 0 Å². The Morgan fingerprint density at radius 1 is 0.922 bits per heavy atom. The lowest BCUT2D eigenvalue weighted by atomic mass is 9.85. The molecule has 0 saturated carbocycles. The minimum Gasteiger partial charge on any atom is -0.497 e. The Morgan fingerprint density at radius 3 is 2.44 bits per heavy atom. The maximum atomic E-state index is 13.6. The molecule has 0 radical (unpaired) electrons. The van der Waals surface area contributed by atoms with Gasteiger partial charge in [0.15, 0.2) is 0 Å². The topological polar surface area (TPSA) is 198 Å². The van der Waals surface area contributed by atoms with Crippen LogP contribution < -0.4 is 30.5 Å². The highest BCUT2D eigenvalue weighted by Gasteiger charge is 2.54. The molecule has 4 heterocycles. The number of esters is 2. The third-order valence-electron chi connectivity index (χ3n) is 10.7. The van der Waals surface area contributed by atoms with E-state index in [0.717, 1.165) is 16.7 Å². The van der Waals surface area contributed by atoms with Crippen molar-refractivity contribution in [3.8, 4) is 17.2 Å². The molecule has 16 nitrogen and oxygen atoms in total. The second-order valence-electron chi connectivity index (χ2n) is 14.4. The van der Waals surface area contributed by atoms with Crippen LogP contribution in [0.5, 0.6) is 17.2 Å². The minimum atomic E-state index is -1.01. The molecule has 64 heavy (non-hydrogen) atoms. The SMILES string of the molecule is COC(=O)C1=C(CSc2ccc(C3=C4C=CC(OC)C=C4Oc4cc(OC)ccc43)c(C(=O)OC)c2)CSC2C(NC(=O)CNC(=O)c3cc4cc(Cl)c(OC)cc4oc3=O)C(=O)N12. The van der Waals surface area contributed by atoms with Gasteiger partial charge in [0, 0.05) is 57.7 Å². The number of ether oxygens (including phenoxy) is 6. The number of hydrogen-bond donors (Lipinski definition) is 2. The number of amides is 3. The first kappa shape index (κ1) is 44.1. The molecule has 3 atom stereocenters. The Labute approximate surface area is 378 Å². The average Bonchev–Trinajstić information content (AvgIpc) is 3.31. The zero-order chi connectivity index (χ0) is 45.4. The Kier molecular flexibility index (Phi) is 12.6. The fraction of sp³-hybridized carbons (Fsp3) is 0.244. The van der Waals surface area contributed by atoms with Crippen molar-refractivity contribution in [2.24, 2.45) is 0 Å². The molecular weight excluding hydrogens is 890 g/mol. The quantitative estimate of drug-likeness (QED) is 0.0762. The number of nitrogens with one attached hydrogen (secondary N) is 2. The van der Waals surface area contributed by atoms with Gasteiger partial charge in [0.05, 0.1) is 51.7 Å². The summed E-state index contributed by atoms with van der Waals surface area (Å²) in [5, 5.41) is 4.96. The Balaban J connectivity index is 0.980. The smallest absolute Gasteiger partial charge is 0.354 e. The van der Waals surface area contributed by atoms with Gasteiger partial charge in [-0.25, -0.2) is 14.4 Å². The number of hydrogen-bond acceptors (Lipinski definition) is 15. The number of rotatable bonds is 13. The van der Waals surface area contributed by atoms with Crippen LogP contribution in [0.2, 0.25) is 5.02 Å². The van der Waals surface area contributed by atoms with Crippen molar-refractivity contribution >= 4 is 81.3 Å². The van der Waals surface area contributed by atoms with Gasteiger partial charge >= 0.3 is 17.6 Å². The van der Waals surface area contributed by atoms with Crippen molar-refractivity contribution in [2.45, 2.75) is 22.4 Å². The first-order valence-electron chi connectivity index (χ1n) is 19.4. The predicted molar refractivity (Wildman–Crippen MR) is 237 cm³/mol. The van der Waals surface area contributed by atoms with Crippen LogP contribution in [-0.2, 0) is 28.6 Å². The van der Waals surface area contributed by atoms with Gasteiger partial charge in [-0.05, 0) is 53.6 Å². The number of nitrogens with zero attached hydrogens (tertiary/aromatic N) is 1. The van der Waals surface area contributed by atoms with Crippen LogP contribution in [0.3, 0.4) is 0 Å². The Hall–Kier alpha value is -6.47. The molecule has 1 fully saturated rings. The maximum absolute atomic E-state index is 13.6. The Bertz CT molecular complexity index is 2850. The molecule has 19 heteroatoms. The van der Waals surface area contributed by atoms with Gasteiger partial charge in [-0.15, -0.1) is 23.5 Å². The van der Waals surface area contributed by atoms with Crippen LogP contribution >= 0.6 is 35.1 Å². The van der Waals surface area contributed by atoms with E-state index in [1.807, 2.05) is 42.5 Å². The van der Waals surface area contributed by atoms with Crippen LogP contribution in [0.15, 0.2) is 110 Å². The third kappa shape index (κ3) is 8.24. The predicted octanol–water partition coefficient (Wildman–Crippen LogP) is 5.26. The molecule has 1 aromatic heterocycles. The summed E-state index contributed by atoms with van der Waals surface area (Å²) in [5.74, 6) is -0.896. The van der Waals surface area contributed by atoms with Gasteiger partial charge in [-0.2, -0.15) is 0 Å². The number of methoxy groups -OCH3 is 5. The first-order valence-corrected chi connectivity index (χ1v) is 21.8. The molecule has 8 rings (SSSR count). The minimum absolute atomic E-state index is 0.0621. The number of halogens is 1. The van der Waals surface area contributed by atoms with Gasteiger partial charge in [-0.3, -0.25) is 19.3 Å². The number of thioether (sulfide) groups is 2. The lowest BCUT2D eigenvalue weighted by molar-refractivity contribution is -0.151. The monoisotopic (exact) mass is 927 g/mol. The summed E-state index contributed by atoms with van der Waals surface area (Å²) >= 11 is 8.88. The van der Waals surface area contributed by atoms with Crippen molar-refractivity contribution in [1.82, 2.24) is 15.5 Å². The molecule has 4 aliphatic rings. The summed E-state index contributed by atoms with van der Waals surface area (Å²) in [6, 6.07) is 14.1. The number of fused-ring (bicyclic) bond motifs is 4. The molecule has 3 unspecified atom stereocenters. The maximum Gasteiger partial charge on any atom is 0.354 e. The number of carbonyl (C=O) groups is 5. The van der Waals surface area contributed by atoms with E-state index in [0.29, 0.717) is 50.0 Å². The van der Waals surface area contributed by atoms with Crippen molar-refractivity contribution in [3.63, 3.8) is 0 Å². The highest BCUT2D eigenvalue weighted by Crippen LogP contribution is 2.47. The van der Waals surface area contributed by atoms with E-state index >= 15 is 0 Å². The summed E-state index contributed by atoms with van der Waals surface area (Å²) in [7, 11) is 7.09. The molecule has 3 amide bonds. The van der Waals surface area contributed by atoms with Gasteiger partial charge < -0.3 is 43.5 Å². The molecule has 1 saturated heterocycles. The first-order chi connectivity index (χ1) is 30.9. The van der Waals surface area contributed by atoms with Crippen LogP contribution in [0, 0.1) is 0 Å². The zero-order valence-electron chi connectivity index (χ0n) is 34.7. The fourth-order valence-electron chi connectivity index (χ4n) is 7.56. The standard InChI is InChI=1S/C45H38ClN3O13S2/c1-56-23-6-9-27-33(14-23)61-34-15-24(57-2)7-10-28(34)37(27)26-11-8-25(16-29(26)43(53)59-4)63-19-22-20-64-42-38(41(52)49(42)39(22)45(55)60-5)48-36(50)18-47-40(51)30-12-21-13-31(46)35(58-3)17-32(21)62-44(30)54/h6-17,23,38,42H,18-20H2,1-5H3,(H,47,51)(H,48,50). The molecule has 330 valence electrons. The summed E-state index contributed by atoms with van der Waals surface area (Å²) in [5.41, 5.74) is 2.64. The van der Waals surface area contributed by atoms with E-state index in [9.17, 15) is 28.8 Å². The van der Waals surface area contributed by atoms with Crippen molar-refractivity contribution in [2.75, 3.05) is 53.6 Å². The van der Waals surface area contributed by atoms with E-state index in [1.54, 1.807) is 26.4 Å². The average molecular weight is 928 g/mol. The van der Waals surface area contributed by atoms with Crippen molar-refractivity contribution in [1.29, 1.82) is 0 Å². The molecule has 2 N–H and O–H groups in total. The normalized spacial score (nSPS) is 18.5. The fourth-order valence-corrected chi connectivity index (χ4v) is 10.2. The van der Waals surface area contributed by atoms with Crippen LogP contribution in [0.1, 0.15) is 31.8 Å². The van der Waals surface area contributed by atoms with E-state index in [2.05, 4.69) is 10.6 Å². The summed E-state index contributed by atoms with van der Waals surface area (Å²) < 4.78 is 38.1. The van der Waals surface area contributed by atoms with E-state index in [-0.39, 0.29) is 39.5 Å². The number of carbonyl (C=O) groups excluding carboxylic acids is 5. The molecule has 0 spiro atoms. The zero-order valence-corrected chi connectivity index (χ0v) is 37.1. The number of benzene rings is 3. The third-order valence-corrected chi connectivity index (χ3v) is 13.5. The van der Waals surface area contributed by atoms with Gasteiger partial charge in [0.25, 0.3) is 11.8 Å². The summed E-state index contributed by atoms with van der Waals surface area (Å²) in [6.45, 7) is -0.564. The van der Waals surface area contributed by atoms with Crippen molar-refractivity contribution in [3.05, 3.63) is 133 Å². The summed E-state index contributed by atoms with van der Waals surface area (Å²) in [4.78, 5) is 80.9. The van der Waals surface area contributed by atoms with Gasteiger partial charge in [0.2, 0.25) is 5.91 Å². The van der Waals surface area contributed by atoms with Crippen molar-refractivity contribution < 1.29 is 56.8 Å². The van der Waals surface area contributed by atoms with E-state index in [1.165, 1.54) is 68.0 Å². The summed E-state index contributed by atoms with van der Waals surface area (Å²) in [6.07, 6.45) is 5.33. The largest absolute Gasteiger partial charge is 0.497 e. The molecule has 4 aromatic rings. The highest BCUT2D eigenvalue weighted by atomic mass is 35.5. The molecule has 3 aromatic carbocycles. The molecule has 3 aliphatic heterocycles. The van der Waals surface area contributed by atoms with Gasteiger partial charge in [0.1, 0.15) is 51.3 Å². The van der Waals surface area contributed by atoms with Crippen LogP contribution in [-0.4, -0.2) is 106 Å². The van der Waals surface area contributed by atoms with E-state index in [4.69, 9.17) is 44.4 Å². The molecule has 0 bridgehead atoms. The lowest BCUT2D eigenvalue weighted by Gasteiger charge is -2.49.